The molecule has 89 heavy (non-hydrogen) atoms. The maximum Gasteiger partial charge on any atom is 0.326 e. The lowest BCUT2D eigenvalue weighted by Gasteiger charge is -2.27. The number of nitrogens with two attached hydrogens (primary N) is 3. The summed E-state index contributed by atoms with van der Waals surface area (Å²) >= 11 is 0. The van der Waals surface area contributed by atoms with E-state index >= 15 is 0 Å². The number of benzene rings is 1. The number of allylic oxidation sites excluding steroid dienone is 1. The van der Waals surface area contributed by atoms with Crippen molar-refractivity contribution in [3.8, 4) is 5.75 Å². The monoisotopic (exact) mass is 1280 g/mol. The van der Waals surface area contributed by atoms with Gasteiger partial charge in [-0.05, 0) is 94.2 Å². The number of primary amides is 1. The topological polar surface area (TPSA) is 388 Å². The molecule has 0 radical (unpaired) electrons. The zero-order valence-corrected chi connectivity index (χ0v) is 54.8. The van der Waals surface area contributed by atoms with Gasteiger partial charge in [0.05, 0.1) is 37.5 Å². The second-order valence-electron chi connectivity index (χ2n) is 24.6. The van der Waals surface area contributed by atoms with Crippen molar-refractivity contribution >= 4 is 62.8 Å². The molecule has 0 bridgehead atoms. The molecule has 0 saturated heterocycles. The molecule has 22 nitrogen and oxygen atoms in total. The van der Waals surface area contributed by atoms with Gasteiger partial charge in [-0.25, -0.2) is 4.79 Å². The zero-order valence-electron chi connectivity index (χ0n) is 54.0. The van der Waals surface area contributed by atoms with Gasteiger partial charge in [-0.15, -0.1) is 0 Å². The van der Waals surface area contributed by atoms with E-state index in [1.54, 1.807) is 19.1 Å². The van der Waals surface area contributed by atoms with E-state index in [4.69, 9.17) is 36.6 Å². The molecule has 0 heterocycles. The van der Waals surface area contributed by atoms with Gasteiger partial charge >= 0.3 is 5.97 Å². The van der Waals surface area contributed by atoms with Crippen LogP contribution >= 0.6 is 0 Å². The third-order valence-electron chi connectivity index (χ3n) is 16.0. The molecule has 1 aromatic carbocycles. The number of hydrogen-bond donors (Lipinski definition) is 10. The van der Waals surface area contributed by atoms with Crippen LogP contribution in [0.5, 0.6) is 5.75 Å². The Morgan fingerprint density at radius 2 is 1.18 bits per heavy atom. The molecule has 23 heteroatoms. The van der Waals surface area contributed by atoms with Crippen molar-refractivity contribution < 1.29 is 71.0 Å². The first-order chi connectivity index (χ1) is 42.3. The van der Waals surface area contributed by atoms with E-state index < -0.39 is 57.7 Å². The van der Waals surface area contributed by atoms with Crippen molar-refractivity contribution in [2.24, 2.45) is 46.8 Å². The average Bonchev–Trinajstić information content (AvgIpc) is 3.52. The van der Waals surface area contributed by atoms with Gasteiger partial charge in [0.2, 0.25) is 17.7 Å². The number of carboxylic acid groups (broad SMARTS) is 1. The van der Waals surface area contributed by atoms with E-state index in [0.29, 0.717) is 114 Å². The van der Waals surface area contributed by atoms with E-state index in [2.05, 4.69) is 22.5 Å². The second-order valence-corrected chi connectivity index (χ2v) is 26.2. The number of amides is 3. The van der Waals surface area contributed by atoms with Crippen LogP contribution in [0.4, 0.5) is 0 Å². The molecule has 6 atom stereocenters. The van der Waals surface area contributed by atoms with Gasteiger partial charge in [-0.2, -0.15) is 8.42 Å². The van der Waals surface area contributed by atoms with E-state index in [9.17, 15) is 57.0 Å². The van der Waals surface area contributed by atoms with Gasteiger partial charge in [0.25, 0.3) is 10.1 Å². The van der Waals surface area contributed by atoms with Crippen molar-refractivity contribution in [2.45, 2.75) is 238 Å². The molecule has 0 saturated carbocycles. The number of nitrogens with one attached hydrogen (secondary N) is 4. The standard InChI is InChI=1S/C66H113N7O15S/c1-48(2)43-56(76)45-52(63(79)50(4)57(28-20-21-30-61(68)69)60(77)46-53(64(70)80)44-51-31-33-54(74)34-32-51)26-22-23-37-72-65(81)58(67)29-19-16-18-27-55(75)47-88-41-40-87-39-38-71-62(78)36-35-59(66(82)83)73-49(3)25-17-14-12-10-8-6-5-7-9-11-13-15-24-42-89(84,85)86/h31-34,48,50,52-53,57-59,73-74H,3,5-30,35-47,67H2,1-2,4H3,(H3,68,69)(H2,70,80)(H,71,78)(H,72,81)(H,82,83)(H,84,85,86)/t50?,52-,53-,57-,58+,59+/m1/s1. The van der Waals surface area contributed by atoms with Crippen LogP contribution in [0.2, 0.25) is 0 Å². The normalized spacial score (nSPS) is 13.6. The molecule has 0 aliphatic heterocycles. The Morgan fingerprint density at radius 1 is 0.618 bits per heavy atom. The van der Waals surface area contributed by atoms with Gasteiger partial charge in [-0.3, -0.25) is 43.5 Å². The van der Waals surface area contributed by atoms with Gasteiger partial charge in [0.15, 0.2) is 5.78 Å². The smallest absolute Gasteiger partial charge is 0.326 e. The van der Waals surface area contributed by atoms with Gasteiger partial charge in [-0.1, -0.05) is 136 Å². The summed E-state index contributed by atoms with van der Waals surface area (Å²) in [6.45, 7) is 10.6. The summed E-state index contributed by atoms with van der Waals surface area (Å²) in [5, 5.41) is 35.6. The van der Waals surface area contributed by atoms with E-state index in [-0.39, 0.29) is 123 Å². The Labute approximate surface area is 531 Å². The number of amidine groups is 1. The predicted molar refractivity (Wildman–Crippen MR) is 346 cm³/mol. The highest BCUT2D eigenvalue weighted by Gasteiger charge is 2.36. The lowest BCUT2D eigenvalue weighted by molar-refractivity contribution is -0.139. The highest BCUT2D eigenvalue weighted by atomic mass is 32.2. The minimum Gasteiger partial charge on any atom is -0.508 e. The number of phenolic OH excluding ortho intramolecular Hbond substituents is 1. The van der Waals surface area contributed by atoms with Crippen molar-refractivity contribution in [1.82, 2.24) is 16.0 Å². The molecule has 1 unspecified atom stereocenters. The number of ketones is 4. The minimum absolute atomic E-state index is 0.0143. The summed E-state index contributed by atoms with van der Waals surface area (Å²) in [5.41, 5.74) is 18.9. The van der Waals surface area contributed by atoms with Crippen LogP contribution < -0.4 is 33.2 Å². The number of rotatable bonds is 60. The van der Waals surface area contributed by atoms with Crippen LogP contribution in [0.1, 0.15) is 225 Å². The van der Waals surface area contributed by atoms with Crippen LogP contribution in [0.15, 0.2) is 36.5 Å². The number of carbonyl (C=O) groups excluding carboxylic acids is 7. The predicted octanol–water partition coefficient (Wildman–Crippen LogP) is 8.90. The highest BCUT2D eigenvalue weighted by Crippen LogP contribution is 2.31. The lowest BCUT2D eigenvalue weighted by atomic mass is 9.75. The fourth-order valence-electron chi connectivity index (χ4n) is 10.8. The summed E-state index contributed by atoms with van der Waals surface area (Å²) in [6, 6.07) is 4.61. The summed E-state index contributed by atoms with van der Waals surface area (Å²) in [6.07, 6.45) is 20.3. The Kier molecular flexibility index (Phi) is 44.9. The number of unbranched alkanes of at least 4 members (excludes halogenated alkanes) is 16. The molecular weight excluding hydrogens is 1160 g/mol. The number of ether oxygens (including phenoxy) is 2. The number of hydrogen-bond acceptors (Lipinski definition) is 16. The summed E-state index contributed by atoms with van der Waals surface area (Å²) < 4.78 is 41.2. The van der Waals surface area contributed by atoms with Crippen LogP contribution in [0, 0.1) is 35.0 Å². The molecule has 3 amide bonds. The molecule has 1 aromatic rings. The largest absolute Gasteiger partial charge is 0.508 e. The number of Topliss-reactive ketones (excluding diaryl/α,β-unsaturated/α-hetero) is 4. The molecule has 0 spiro atoms. The Bertz CT molecular complexity index is 2370. The fraction of sp³-hybridized carbons (Fsp3) is 0.742. The summed E-state index contributed by atoms with van der Waals surface area (Å²) in [4.78, 5) is 104. The van der Waals surface area contributed by atoms with Crippen LogP contribution in [-0.4, -0.2) is 133 Å². The molecule has 1 rings (SSSR count). The quantitative estimate of drug-likeness (QED) is 0.0126. The number of aromatic hydroxyl groups is 1. The fourth-order valence-corrected chi connectivity index (χ4v) is 11.4. The number of carbonyl (C=O) groups is 8. The van der Waals surface area contributed by atoms with Crippen LogP contribution in [0.25, 0.3) is 0 Å². The molecule has 13 N–H and O–H groups in total. The number of aliphatic carboxylic acids is 1. The lowest BCUT2D eigenvalue weighted by Crippen LogP contribution is -2.40. The van der Waals surface area contributed by atoms with Crippen molar-refractivity contribution in [3.05, 3.63) is 42.1 Å². The van der Waals surface area contributed by atoms with E-state index in [1.807, 2.05) is 13.8 Å². The molecule has 0 aliphatic rings. The van der Waals surface area contributed by atoms with E-state index in [1.165, 1.54) is 37.8 Å². The third kappa shape index (κ3) is 43.7. The van der Waals surface area contributed by atoms with Gasteiger partial charge in [0.1, 0.15) is 35.7 Å². The SMILES string of the molecule is C=C(CCCCCCCCCCCCCCCS(=O)(=O)O)N[C@@H](CCC(=O)NCCOCCOCC(=O)CCCCC[C@H](N)C(=O)NCCCC[C@H](CC(=O)CC(C)C)C(=O)C(C)[C@@H](CCCCC(=N)N)C(=O)C[C@@H](Cc1ccc(O)cc1)C(N)=O)C(=O)O. The Balaban J connectivity index is 2.34. The maximum absolute atomic E-state index is 14.4. The van der Waals surface area contributed by atoms with E-state index in [0.717, 1.165) is 51.4 Å². The molecule has 0 aromatic heterocycles. The highest BCUT2D eigenvalue weighted by molar-refractivity contribution is 7.85. The third-order valence-corrected chi connectivity index (χ3v) is 16.8. The van der Waals surface area contributed by atoms with Crippen molar-refractivity contribution in [2.75, 3.05) is 45.3 Å². The van der Waals surface area contributed by atoms with Crippen molar-refractivity contribution in [3.63, 3.8) is 0 Å². The number of phenols is 1. The average molecular weight is 1280 g/mol. The van der Waals surface area contributed by atoms with Crippen molar-refractivity contribution in [1.29, 1.82) is 5.41 Å². The van der Waals surface area contributed by atoms with Crippen LogP contribution in [-0.2, 0) is 64.4 Å². The molecule has 0 fully saturated rings. The second kappa shape index (κ2) is 49.1. The molecular formula is C66H113N7O15S. The molecule has 508 valence electrons. The summed E-state index contributed by atoms with van der Waals surface area (Å²) in [5.74, 6) is -5.96. The number of carboxylic acids is 1. The minimum atomic E-state index is -3.85. The first-order valence-electron chi connectivity index (χ1n) is 32.9. The molecule has 0 aliphatic carbocycles. The van der Waals surface area contributed by atoms with Crippen LogP contribution in [0.3, 0.4) is 0 Å². The van der Waals surface area contributed by atoms with Gasteiger partial charge < -0.3 is 52.8 Å². The Hall–Kier alpha value is -5.62. The first kappa shape index (κ1) is 81.4. The zero-order chi connectivity index (χ0) is 66.4. The Morgan fingerprint density at radius 3 is 1.78 bits per heavy atom. The van der Waals surface area contributed by atoms with Gasteiger partial charge in [0, 0.05) is 81.0 Å². The summed E-state index contributed by atoms with van der Waals surface area (Å²) in [7, 11) is -3.85. The first-order valence-corrected chi connectivity index (χ1v) is 34.5. The maximum atomic E-state index is 14.4.